The minimum absolute atomic E-state index is 0.371. The van der Waals surface area contributed by atoms with Crippen LogP contribution in [0, 0.1) is 0 Å². The summed E-state index contributed by atoms with van der Waals surface area (Å²) in [5, 5.41) is 3.71. The van der Waals surface area contributed by atoms with Crippen LogP contribution in [-0.4, -0.2) is 36.0 Å². The van der Waals surface area contributed by atoms with E-state index < -0.39 is 5.91 Å². The number of amides is 1. The number of thioether (sulfide) groups is 1. The van der Waals surface area contributed by atoms with E-state index in [1.54, 1.807) is 12.1 Å². The van der Waals surface area contributed by atoms with E-state index in [0.29, 0.717) is 34.1 Å². The number of primary amides is 1. The Morgan fingerprint density at radius 3 is 2.78 bits per heavy atom. The first kappa shape index (κ1) is 18.9. The molecule has 2 aromatic carbocycles. The van der Waals surface area contributed by atoms with Gasteiger partial charge in [-0.3, -0.25) is 4.79 Å². The number of nitrogens with two attached hydrogens (primary N) is 1. The number of methoxy groups -OCH3 is 1. The molecule has 0 saturated carbocycles. The third-order valence-electron chi connectivity index (χ3n) is 4.08. The van der Waals surface area contributed by atoms with Crippen LogP contribution in [0.4, 0.5) is 0 Å². The third kappa shape index (κ3) is 4.12. The second-order valence-corrected chi connectivity index (χ2v) is 6.87. The summed E-state index contributed by atoms with van der Waals surface area (Å²) in [7, 11) is 3.22. The highest BCUT2D eigenvalue weighted by Gasteiger charge is 2.15. The molecule has 0 unspecified atom stereocenters. The fraction of sp³-hybridized carbons (Fsp3) is 0.211. The number of benzene rings is 2. The predicted octanol–water partition coefficient (Wildman–Crippen LogP) is 2.46. The molecule has 0 fully saturated rings. The van der Waals surface area contributed by atoms with Crippen LogP contribution in [0.5, 0.6) is 0 Å². The molecule has 0 saturated heterocycles. The van der Waals surface area contributed by atoms with Crippen LogP contribution in [0.2, 0.25) is 0 Å². The fourth-order valence-electron chi connectivity index (χ4n) is 2.79. The van der Waals surface area contributed by atoms with E-state index in [-0.39, 0.29) is 5.97 Å². The van der Waals surface area contributed by atoms with Crippen LogP contribution < -0.4 is 11.1 Å². The number of imidazole rings is 1. The van der Waals surface area contributed by atoms with Gasteiger partial charge in [0.2, 0.25) is 0 Å². The molecule has 27 heavy (non-hydrogen) atoms. The highest BCUT2D eigenvalue weighted by Crippen LogP contribution is 2.26. The average Bonchev–Trinajstić information content (AvgIpc) is 3.09. The smallest absolute Gasteiger partial charge is 0.338 e. The molecule has 140 valence electrons. The molecule has 8 heteroatoms. The maximum Gasteiger partial charge on any atom is 0.338 e. The van der Waals surface area contributed by atoms with Crippen LogP contribution in [-0.2, 0) is 17.0 Å². The van der Waals surface area contributed by atoms with Gasteiger partial charge in [0, 0.05) is 12.3 Å². The minimum Gasteiger partial charge on any atom is -0.465 e. The second kappa shape index (κ2) is 8.24. The molecular weight excluding hydrogens is 364 g/mol. The van der Waals surface area contributed by atoms with Gasteiger partial charge >= 0.3 is 5.97 Å². The van der Waals surface area contributed by atoms with Gasteiger partial charge in [-0.25, -0.2) is 9.78 Å². The lowest BCUT2D eigenvalue weighted by Gasteiger charge is -2.09. The summed E-state index contributed by atoms with van der Waals surface area (Å²) in [4.78, 5) is 31.3. The van der Waals surface area contributed by atoms with E-state index in [1.807, 2.05) is 31.3 Å². The van der Waals surface area contributed by atoms with E-state index >= 15 is 0 Å². The molecule has 1 aromatic heterocycles. The number of aromatic amines is 1. The molecule has 0 atom stereocenters. The molecule has 0 aliphatic heterocycles. The molecule has 1 amide bonds. The van der Waals surface area contributed by atoms with Crippen molar-refractivity contribution >= 4 is 34.7 Å². The SMILES string of the molecule is CNCc1ccc(CSc2nc3c(C(N)=O)cccc3[nH]2)c(C(=O)OC)c1. The van der Waals surface area contributed by atoms with Crippen molar-refractivity contribution < 1.29 is 14.3 Å². The molecule has 4 N–H and O–H groups in total. The molecule has 0 radical (unpaired) electrons. The quantitative estimate of drug-likeness (QED) is 0.426. The Balaban J connectivity index is 1.86. The zero-order valence-electron chi connectivity index (χ0n) is 15.0. The van der Waals surface area contributed by atoms with E-state index in [4.69, 9.17) is 10.5 Å². The van der Waals surface area contributed by atoms with Crippen LogP contribution in [0.3, 0.4) is 0 Å². The standard InChI is InChI=1S/C19H20N4O3S/c1-21-9-11-6-7-12(14(8-11)18(25)26-2)10-27-19-22-15-5-3-4-13(17(20)24)16(15)23-19/h3-8,21H,9-10H2,1-2H3,(H2,20,24)(H,22,23). The lowest BCUT2D eigenvalue weighted by molar-refractivity contribution is 0.0599. The van der Waals surface area contributed by atoms with Crippen molar-refractivity contribution in [2.45, 2.75) is 17.5 Å². The first-order chi connectivity index (χ1) is 13.0. The Labute approximate surface area is 160 Å². The van der Waals surface area contributed by atoms with Gasteiger partial charge in [0.25, 0.3) is 5.91 Å². The molecule has 1 heterocycles. The minimum atomic E-state index is -0.517. The highest BCUT2D eigenvalue weighted by molar-refractivity contribution is 7.98. The molecule has 0 bridgehead atoms. The van der Waals surface area contributed by atoms with Crippen molar-refractivity contribution in [1.82, 2.24) is 15.3 Å². The van der Waals surface area contributed by atoms with Gasteiger partial charge in [0.05, 0.1) is 23.8 Å². The van der Waals surface area contributed by atoms with E-state index in [2.05, 4.69) is 15.3 Å². The maximum absolute atomic E-state index is 12.1. The van der Waals surface area contributed by atoms with Crippen molar-refractivity contribution in [3.8, 4) is 0 Å². The summed E-state index contributed by atoms with van der Waals surface area (Å²) in [6.45, 7) is 0.664. The summed E-state index contributed by atoms with van der Waals surface area (Å²) in [5.41, 5.74) is 9.46. The van der Waals surface area contributed by atoms with Gasteiger partial charge < -0.3 is 20.8 Å². The normalized spacial score (nSPS) is 10.9. The van der Waals surface area contributed by atoms with Gasteiger partial charge in [-0.05, 0) is 36.4 Å². The summed E-state index contributed by atoms with van der Waals surface area (Å²) < 4.78 is 4.91. The van der Waals surface area contributed by atoms with E-state index in [1.165, 1.54) is 18.9 Å². The number of nitrogens with zero attached hydrogens (tertiary/aromatic N) is 1. The molecule has 0 spiro atoms. The topological polar surface area (TPSA) is 110 Å². The summed E-state index contributed by atoms with van der Waals surface area (Å²) in [5.74, 6) is -0.364. The van der Waals surface area contributed by atoms with Crippen molar-refractivity contribution in [2.24, 2.45) is 5.73 Å². The molecule has 7 nitrogen and oxygen atoms in total. The number of nitrogens with one attached hydrogen (secondary N) is 2. The number of para-hydroxylation sites is 1. The molecule has 0 aliphatic rings. The number of H-pyrrole nitrogens is 1. The Bertz CT molecular complexity index is 1000. The number of fused-ring (bicyclic) bond motifs is 1. The number of rotatable bonds is 7. The second-order valence-electron chi connectivity index (χ2n) is 5.91. The first-order valence-corrected chi connectivity index (χ1v) is 9.28. The summed E-state index contributed by atoms with van der Waals surface area (Å²) >= 11 is 1.44. The predicted molar refractivity (Wildman–Crippen MR) is 105 cm³/mol. The number of carbonyl (C=O) groups is 2. The van der Waals surface area contributed by atoms with Crippen LogP contribution in [0.15, 0.2) is 41.6 Å². The largest absolute Gasteiger partial charge is 0.465 e. The summed E-state index contributed by atoms with van der Waals surface area (Å²) in [6.07, 6.45) is 0. The zero-order valence-corrected chi connectivity index (χ0v) is 15.9. The average molecular weight is 384 g/mol. The van der Waals surface area contributed by atoms with Gasteiger partial charge in [0.15, 0.2) is 5.16 Å². The first-order valence-electron chi connectivity index (χ1n) is 8.29. The monoisotopic (exact) mass is 384 g/mol. The van der Waals surface area contributed by atoms with Crippen molar-refractivity contribution in [3.05, 3.63) is 58.7 Å². The molecule has 3 aromatic rings. The number of carbonyl (C=O) groups excluding carboxylic acids is 2. The third-order valence-corrected chi connectivity index (χ3v) is 5.00. The maximum atomic E-state index is 12.1. The molecular formula is C19H20N4O3S. The van der Waals surface area contributed by atoms with Gasteiger partial charge in [0.1, 0.15) is 5.52 Å². The van der Waals surface area contributed by atoms with Gasteiger partial charge in [-0.1, -0.05) is 30.0 Å². The van der Waals surface area contributed by atoms with Crippen molar-refractivity contribution in [2.75, 3.05) is 14.2 Å². The Kier molecular flexibility index (Phi) is 5.78. The number of hydrogen-bond acceptors (Lipinski definition) is 6. The van der Waals surface area contributed by atoms with Gasteiger partial charge in [-0.15, -0.1) is 0 Å². The van der Waals surface area contributed by atoms with Crippen LogP contribution in [0.25, 0.3) is 11.0 Å². The number of esters is 1. The number of aromatic nitrogens is 2. The Morgan fingerprint density at radius 2 is 2.07 bits per heavy atom. The number of ether oxygens (including phenoxy) is 1. The van der Waals surface area contributed by atoms with Crippen molar-refractivity contribution in [3.63, 3.8) is 0 Å². The Hall–Kier alpha value is -2.84. The zero-order chi connectivity index (χ0) is 19.4. The fourth-order valence-corrected chi connectivity index (χ4v) is 3.67. The Morgan fingerprint density at radius 1 is 1.26 bits per heavy atom. The van der Waals surface area contributed by atoms with Crippen molar-refractivity contribution in [1.29, 1.82) is 0 Å². The summed E-state index contributed by atoms with van der Waals surface area (Å²) in [6, 6.07) is 11.0. The lowest BCUT2D eigenvalue weighted by atomic mass is 10.0. The van der Waals surface area contributed by atoms with Crippen LogP contribution in [0.1, 0.15) is 31.8 Å². The molecule has 3 rings (SSSR count). The molecule has 0 aliphatic carbocycles. The van der Waals surface area contributed by atoms with E-state index in [0.717, 1.165) is 16.6 Å². The van der Waals surface area contributed by atoms with Crippen LogP contribution >= 0.6 is 11.8 Å². The lowest BCUT2D eigenvalue weighted by Crippen LogP contribution is -2.11. The highest BCUT2D eigenvalue weighted by atomic mass is 32.2. The number of hydrogen-bond donors (Lipinski definition) is 3. The van der Waals surface area contributed by atoms with Gasteiger partial charge in [-0.2, -0.15) is 0 Å². The van der Waals surface area contributed by atoms with E-state index in [9.17, 15) is 9.59 Å².